The SMILES string of the molecule is C[C@H]1C[C@@H](NC(=O)[C@H](N)C(F)(F)F)CN(c2ccc(C#N)c3nccnc23)C1.Cl. The highest BCUT2D eigenvalue weighted by molar-refractivity contribution is 5.92. The van der Waals surface area contributed by atoms with Crippen LogP contribution in [0, 0.1) is 17.2 Å². The van der Waals surface area contributed by atoms with E-state index in [0.29, 0.717) is 41.8 Å². The highest BCUT2D eigenvalue weighted by atomic mass is 35.5. The summed E-state index contributed by atoms with van der Waals surface area (Å²) >= 11 is 0. The number of nitriles is 1. The van der Waals surface area contributed by atoms with Crippen molar-refractivity contribution in [1.82, 2.24) is 15.3 Å². The van der Waals surface area contributed by atoms with Gasteiger partial charge in [0.05, 0.1) is 11.3 Å². The van der Waals surface area contributed by atoms with E-state index in [1.165, 1.54) is 12.4 Å². The Hall–Kier alpha value is -2.64. The van der Waals surface area contributed by atoms with Crippen LogP contribution in [-0.2, 0) is 4.79 Å². The molecule has 3 atom stereocenters. The normalized spacial score (nSPS) is 20.5. The Morgan fingerprint density at radius 3 is 2.59 bits per heavy atom. The lowest BCUT2D eigenvalue weighted by molar-refractivity contribution is -0.163. The van der Waals surface area contributed by atoms with E-state index in [1.54, 1.807) is 12.1 Å². The second-order valence-corrected chi connectivity index (χ2v) is 6.97. The number of anilines is 1. The molecule has 2 aromatic rings. The van der Waals surface area contributed by atoms with E-state index in [1.807, 2.05) is 11.8 Å². The third-order valence-electron chi connectivity index (χ3n) is 4.71. The topological polar surface area (TPSA) is 108 Å². The highest BCUT2D eigenvalue weighted by Gasteiger charge is 2.43. The summed E-state index contributed by atoms with van der Waals surface area (Å²) in [6, 6.07) is 2.40. The van der Waals surface area contributed by atoms with E-state index in [0.717, 1.165) is 0 Å². The van der Waals surface area contributed by atoms with Gasteiger partial charge in [-0.2, -0.15) is 18.4 Å². The maximum Gasteiger partial charge on any atom is 0.412 e. The quantitative estimate of drug-likeness (QED) is 0.775. The van der Waals surface area contributed by atoms with Crippen molar-refractivity contribution in [1.29, 1.82) is 5.26 Å². The number of rotatable bonds is 3. The van der Waals surface area contributed by atoms with Gasteiger partial charge in [0.15, 0.2) is 6.04 Å². The number of fused-ring (bicyclic) bond motifs is 1. The fourth-order valence-electron chi connectivity index (χ4n) is 3.48. The predicted molar refractivity (Wildman–Crippen MR) is 103 cm³/mol. The molecule has 1 fully saturated rings. The molecule has 2 heterocycles. The summed E-state index contributed by atoms with van der Waals surface area (Å²) in [5.74, 6) is -1.13. The molecule has 7 nitrogen and oxygen atoms in total. The lowest BCUT2D eigenvalue weighted by atomic mass is 9.94. The van der Waals surface area contributed by atoms with Gasteiger partial charge in [-0.05, 0) is 24.5 Å². The van der Waals surface area contributed by atoms with Crippen LogP contribution in [0.25, 0.3) is 11.0 Å². The molecule has 29 heavy (non-hydrogen) atoms. The van der Waals surface area contributed by atoms with Gasteiger partial charge in [-0.1, -0.05) is 6.92 Å². The molecule has 1 aromatic carbocycles. The summed E-state index contributed by atoms with van der Waals surface area (Å²) < 4.78 is 38.0. The molecule has 0 aliphatic carbocycles. The van der Waals surface area contributed by atoms with Crippen molar-refractivity contribution in [3.05, 3.63) is 30.1 Å². The standard InChI is InChI=1S/C18H19F3N6O.ClH/c1-10-6-12(26-17(28)16(23)18(19,20)21)9-27(8-10)13-3-2-11(7-22)14-15(13)25-5-4-24-14;/h2-5,10,12,16H,6,8-9,23H2,1H3,(H,26,28);1H/t10-,12+,16-;/m0./s1. The lowest BCUT2D eigenvalue weighted by Crippen LogP contribution is -2.57. The second kappa shape index (κ2) is 8.80. The zero-order valence-corrected chi connectivity index (χ0v) is 16.3. The second-order valence-electron chi connectivity index (χ2n) is 6.97. The number of nitrogens with one attached hydrogen (secondary N) is 1. The average molecular weight is 429 g/mol. The molecule has 11 heteroatoms. The first-order valence-corrected chi connectivity index (χ1v) is 8.72. The highest BCUT2D eigenvalue weighted by Crippen LogP contribution is 2.30. The summed E-state index contributed by atoms with van der Waals surface area (Å²) in [4.78, 5) is 22.4. The first kappa shape index (κ1) is 22.6. The minimum Gasteiger partial charge on any atom is -0.367 e. The molecule has 0 radical (unpaired) electrons. The summed E-state index contributed by atoms with van der Waals surface area (Å²) in [5.41, 5.74) is 7.10. The number of hydrogen-bond acceptors (Lipinski definition) is 6. The van der Waals surface area contributed by atoms with E-state index in [-0.39, 0.29) is 18.3 Å². The van der Waals surface area contributed by atoms with Crippen molar-refractivity contribution >= 4 is 35.0 Å². The molecule has 0 bridgehead atoms. The molecular formula is C18H20ClF3N6O. The van der Waals surface area contributed by atoms with Gasteiger partial charge >= 0.3 is 6.18 Å². The molecule has 1 aliphatic rings. The summed E-state index contributed by atoms with van der Waals surface area (Å²) in [6.45, 7) is 2.89. The fraction of sp³-hybridized carbons (Fsp3) is 0.444. The number of benzene rings is 1. The lowest BCUT2D eigenvalue weighted by Gasteiger charge is -2.38. The molecule has 0 unspecified atom stereocenters. The summed E-state index contributed by atoms with van der Waals surface area (Å²) in [5, 5.41) is 11.7. The van der Waals surface area contributed by atoms with E-state index in [4.69, 9.17) is 5.73 Å². The smallest absolute Gasteiger partial charge is 0.367 e. The minimum atomic E-state index is -4.79. The molecular weight excluding hydrogens is 409 g/mol. The van der Waals surface area contributed by atoms with Crippen LogP contribution in [0.4, 0.5) is 18.9 Å². The molecule has 3 rings (SSSR count). The number of carbonyl (C=O) groups excluding carboxylic acids is 1. The molecule has 1 aromatic heterocycles. The number of halogens is 4. The Bertz CT molecular complexity index is 932. The van der Waals surface area contributed by atoms with Crippen molar-refractivity contribution < 1.29 is 18.0 Å². The summed E-state index contributed by atoms with van der Waals surface area (Å²) in [7, 11) is 0. The number of piperidine rings is 1. The molecule has 3 N–H and O–H groups in total. The zero-order chi connectivity index (χ0) is 20.5. The average Bonchev–Trinajstić information content (AvgIpc) is 2.65. The van der Waals surface area contributed by atoms with Crippen LogP contribution in [0.3, 0.4) is 0 Å². The van der Waals surface area contributed by atoms with Gasteiger partial charge in [0.1, 0.15) is 17.1 Å². The number of amides is 1. The van der Waals surface area contributed by atoms with Crippen LogP contribution in [0.15, 0.2) is 24.5 Å². The predicted octanol–water partition coefficient (Wildman–Crippen LogP) is 2.14. The Labute approximate surface area is 171 Å². The van der Waals surface area contributed by atoms with Gasteiger partial charge in [0, 0.05) is 31.5 Å². The van der Waals surface area contributed by atoms with Crippen LogP contribution in [-0.4, -0.2) is 47.2 Å². The number of hydrogen-bond donors (Lipinski definition) is 2. The molecule has 156 valence electrons. The van der Waals surface area contributed by atoms with Gasteiger partial charge in [-0.3, -0.25) is 14.8 Å². The monoisotopic (exact) mass is 428 g/mol. The summed E-state index contributed by atoms with van der Waals surface area (Å²) in [6.07, 6.45) is -1.25. The van der Waals surface area contributed by atoms with Gasteiger partial charge < -0.3 is 16.0 Å². The van der Waals surface area contributed by atoms with Crippen molar-refractivity contribution in [3.63, 3.8) is 0 Å². The van der Waals surface area contributed by atoms with E-state index < -0.39 is 24.2 Å². The molecule has 1 aliphatic heterocycles. The Balaban J connectivity index is 0.00000300. The first-order valence-electron chi connectivity index (χ1n) is 8.72. The molecule has 1 saturated heterocycles. The van der Waals surface area contributed by atoms with Crippen molar-refractivity contribution in [2.75, 3.05) is 18.0 Å². The molecule has 0 saturated carbocycles. The van der Waals surface area contributed by atoms with E-state index in [9.17, 15) is 23.2 Å². The maximum absolute atomic E-state index is 12.7. The third-order valence-corrected chi connectivity index (χ3v) is 4.71. The van der Waals surface area contributed by atoms with Crippen LogP contribution >= 0.6 is 12.4 Å². The number of nitrogens with two attached hydrogens (primary N) is 1. The van der Waals surface area contributed by atoms with E-state index in [2.05, 4.69) is 21.4 Å². The van der Waals surface area contributed by atoms with Crippen LogP contribution in [0.5, 0.6) is 0 Å². The number of carbonyl (C=O) groups is 1. The Morgan fingerprint density at radius 2 is 1.97 bits per heavy atom. The van der Waals surface area contributed by atoms with Crippen LogP contribution in [0.1, 0.15) is 18.9 Å². The fourth-order valence-corrected chi connectivity index (χ4v) is 3.48. The van der Waals surface area contributed by atoms with Gasteiger partial charge in [-0.25, -0.2) is 0 Å². The van der Waals surface area contributed by atoms with Gasteiger partial charge in [-0.15, -0.1) is 12.4 Å². The Morgan fingerprint density at radius 1 is 1.31 bits per heavy atom. The number of aromatic nitrogens is 2. The van der Waals surface area contributed by atoms with Crippen molar-refractivity contribution in [3.8, 4) is 6.07 Å². The Kier molecular flexibility index (Phi) is 6.87. The van der Waals surface area contributed by atoms with Crippen molar-refractivity contribution in [2.45, 2.75) is 31.6 Å². The largest absolute Gasteiger partial charge is 0.412 e. The third kappa shape index (κ3) is 4.86. The molecule has 0 spiro atoms. The number of nitrogens with zero attached hydrogens (tertiary/aromatic N) is 4. The first-order chi connectivity index (χ1) is 13.2. The van der Waals surface area contributed by atoms with Crippen LogP contribution in [0.2, 0.25) is 0 Å². The van der Waals surface area contributed by atoms with Gasteiger partial charge in [0.2, 0.25) is 5.91 Å². The molecule has 1 amide bonds. The van der Waals surface area contributed by atoms with E-state index >= 15 is 0 Å². The number of alkyl halides is 3. The maximum atomic E-state index is 12.7. The van der Waals surface area contributed by atoms with Crippen molar-refractivity contribution in [2.24, 2.45) is 11.7 Å². The minimum absolute atomic E-state index is 0. The van der Waals surface area contributed by atoms with Gasteiger partial charge in [0.25, 0.3) is 0 Å². The van der Waals surface area contributed by atoms with Crippen LogP contribution < -0.4 is 16.0 Å². The zero-order valence-electron chi connectivity index (χ0n) is 15.5.